The lowest BCUT2D eigenvalue weighted by Gasteiger charge is -2.06. The molecule has 1 N–H and O–H groups in total. The molecule has 0 fully saturated rings. The monoisotopic (exact) mass is 444 g/mol. The molecule has 30 heavy (non-hydrogen) atoms. The van der Waals surface area contributed by atoms with Crippen molar-refractivity contribution < 1.29 is 22.7 Å². The van der Waals surface area contributed by atoms with Crippen molar-refractivity contribution in [1.29, 1.82) is 0 Å². The summed E-state index contributed by atoms with van der Waals surface area (Å²) >= 11 is 5.76. The van der Waals surface area contributed by atoms with Gasteiger partial charge in [-0.3, -0.25) is 0 Å². The van der Waals surface area contributed by atoms with Gasteiger partial charge in [0.1, 0.15) is 11.5 Å². The minimum absolute atomic E-state index is 0.0462. The highest BCUT2D eigenvalue weighted by molar-refractivity contribution is 7.89. The summed E-state index contributed by atoms with van der Waals surface area (Å²) in [6, 6.07) is 18.7. The second-order valence-corrected chi connectivity index (χ2v) is 8.09. The number of methoxy groups -OCH3 is 1. The summed E-state index contributed by atoms with van der Waals surface area (Å²) in [6.07, 6.45) is 1.34. The van der Waals surface area contributed by atoms with E-state index >= 15 is 0 Å². The minimum atomic E-state index is -3.79. The quantitative estimate of drug-likeness (QED) is 0.258. The maximum absolute atomic E-state index is 12.2. The van der Waals surface area contributed by atoms with E-state index in [1.165, 1.54) is 30.5 Å². The van der Waals surface area contributed by atoms with Crippen molar-refractivity contribution in [2.45, 2.75) is 4.90 Å². The Balaban J connectivity index is 1.59. The third-order valence-corrected chi connectivity index (χ3v) is 5.42. The molecule has 0 heterocycles. The largest absolute Gasteiger partial charge is 0.497 e. The van der Waals surface area contributed by atoms with Crippen LogP contribution in [-0.2, 0) is 10.0 Å². The molecule has 3 aromatic carbocycles. The van der Waals surface area contributed by atoms with E-state index in [4.69, 9.17) is 21.1 Å². The van der Waals surface area contributed by atoms with Gasteiger partial charge < -0.3 is 9.47 Å². The summed E-state index contributed by atoms with van der Waals surface area (Å²) in [5, 5.41) is 4.19. The summed E-state index contributed by atoms with van der Waals surface area (Å²) < 4.78 is 34.7. The van der Waals surface area contributed by atoms with E-state index in [2.05, 4.69) is 9.93 Å². The number of carbonyl (C=O) groups is 1. The molecule has 0 aliphatic heterocycles. The Hall–Kier alpha value is -3.36. The van der Waals surface area contributed by atoms with Gasteiger partial charge in [0.2, 0.25) is 0 Å². The summed E-state index contributed by atoms with van der Waals surface area (Å²) in [4.78, 5) is 14.3. The van der Waals surface area contributed by atoms with Crippen LogP contribution in [0.5, 0.6) is 11.5 Å². The molecule has 0 aliphatic carbocycles. The predicted octanol–water partition coefficient (Wildman–Crippen LogP) is 3.88. The van der Waals surface area contributed by atoms with Gasteiger partial charge in [0.05, 0.1) is 23.8 Å². The number of rotatable bonds is 7. The third-order valence-electron chi connectivity index (χ3n) is 3.93. The van der Waals surface area contributed by atoms with Gasteiger partial charge in [-0.2, -0.15) is 13.5 Å². The van der Waals surface area contributed by atoms with Crippen molar-refractivity contribution >= 4 is 33.8 Å². The fraction of sp³-hybridized carbons (Fsp3) is 0.0476. The molecule has 0 amide bonds. The first-order valence-corrected chi connectivity index (χ1v) is 10.5. The number of hydrazone groups is 1. The van der Waals surface area contributed by atoms with Crippen LogP contribution in [0.4, 0.5) is 0 Å². The van der Waals surface area contributed by atoms with Crippen LogP contribution in [0.15, 0.2) is 82.8 Å². The van der Waals surface area contributed by atoms with Gasteiger partial charge in [0, 0.05) is 5.02 Å². The first-order chi connectivity index (χ1) is 14.4. The Morgan fingerprint density at radius 3 is 2.13 bits per heavy atom. The summed E-state index contributed by atoms with van der Waals surface area (Å²) in [7, 11) is -2.25. The van der Waals surface area contributed by atoms with Gasteiger partial charge >= 0.3 is 5.97 Å². The van der Waals surface area contributed by atoms with Crippen molar-refractivity contribution in [3.8, 4) is 11.5 Å². The maximum atomic E-state index is 12.2. The zero-order chi connectivity index (χ0) is 21.6. The Morgan fingerprint density at radius 2 is 1.53 bits per heavy atom. The third kappa shape index (κ3) is 5.59. The summed E-state index contributed by atoms with van der Waals surface area (Å²) in [6.45, 7) is 0. The van der Waals surface area contributed by atoms with Crippen LogP contribution < -0.4 is 14.3 Å². The Labute approximate surface area is 179 Å². The molecule has 3 rings (SSSR count). The number of nitrogens with zero attached hydrogens (tertiary/aromatic N) is 1. The minimum Gasteiger partial charge on any atom is -0.497 e. The lowest BCUT2D eigenvalue weighted by atomic mass is 10.2. The molecule has 9 heteroatoms. The van der Waals surface area contributed by atoms with Gasteiger partial charge in [-0.1, -0.05) is 11.6 Å². The first kappa shape index (κ1) is 21.4. The van der Waals surface area contributed by atoms with E-state index in [0.717, 1.165) is 0 Å². The maximum Gasteiger partial charge on any atom is 0.343 e. The zero-order valence-electron chi connectivity index (χ0n) is 15.8. The number of nitrogens with one attached hydrogen (secondary N) is 1. The lowest BCUT2D eigenvalue weighted by Crippen LogP contribution is -2.18. The molecule has 0 aromatic heterocycles. The summed E-state index contributed by atoms with van der Waals surface area (Å²) in [5.74, 6) is 0.478. The highest BCUT2D eigenvalue weighted by atomic mass is 35.5. The molecule has 0 saturated carbocycles. The number of esters is 1. The van der Waals surface area contributed by atoms with E-state index in [-0.39, 0.29) is 4.90 Å². The molecule has 154 valence electrons. The number of benzene rings is 3. The predicted molar refractivity (Wildman–Crippen MR) is 114 cm³/mol. The molecule has 0 aliphatic rings. The fourth-order valence-electron chi connectivity index (χ4n) is 2.35. The van der Waals surface area contributed by atoms with E-state index < -0.39 is 16.0 Å². The first-order valence-electron chi connectivity index (χ1n) is 8.64. The number of carbonyl (C=O) groups excluding carboxylic acids is 1. The van der Waals surface area contributed by atoms with E-state index in [0.29, 0.717) is 27.6 Å². The van der Waals surface area contributed by atoms with Crippen LogP contribution in [0.25, 0.3) is 0 Å². The van der Waals surface area contributed by atoms with Crippen LogP contribution in [0.1, 0.15) is 15.9 Å². The number of hydrogen-bond donors (Lipinski definition) is 1. The number of sulfonamides is 1. The Bertz CT molecular complexity index is 1140. The highest BCUT2D eigenvalue weighted by Crippen LogP contribution is 2.16. The second-order valence-electron chi connectivity index (χ2n) is 5.99. The second kappa shape index (κ2) is 9.43. The smallest absolute Gasteiger partial charge is 0.343 e. The molecule has 0 spiro atoms. The lowest BCUT2D eigenvalue weighted by molar-refractivity contribution is 0.0734. The van der Waals surface area contributed by atoms with Crippen LogP contribution in [-0.4, -0.2) is 27.7 Å². The van der Waals surface area contributed by atoms with Crippen molar-refractivity contribution in [2.75, 3.05) is 7.11 Å². The van der Waals surface area contributed by atoms with Gasteiger partial charge in [0.25, 0.3) is 10.0 Å². The molecular formula is C21H17ClN2O5S. The van der Waals surface area contributed by atoms with E-state index in [1.54, 1.807) is 55.6 Å². The highest BCUT2D eigenvalue weighted by Gasteiger charge is 2.12. The molecule has 0 unspecified atom stereocenters. The topological polar surface area (TPSA) is 94.1 Å². The van der Waals surface area contributed by atoms with Crippen LogP contribution in [0.2, 0.25) is 5.02 Å². The van der Waals surface area contributed by atoms with Crippen molar-refractivity contribution in [2.24, 2.45) is 5.10 Å². The standard InChI is InChI=1S/C21H17ClN2O5S/c1-28-18-10-4-16(5-11-18)21(25)29-19-8-2-15(3-9-19)14-23-24-30(26,27)20-12-6-17(22)7-13-20/h2-14,24H,1H3/b23-14+. The SMILES string of the molecule is COc1ccc(C(=O)Oc2ccc(/C=N/NS(=O)(=O)c3ccc(Cl)cc3)cc2)cc1. The van der Waals surface area contributed by atoms with Crippen LogP contribution in [0.3, 0.4) is 0 Å². The number of ether oxygens (including phenoxy) is 2. The van der Waals surface area contributed by atoms with Gasteiger partial charge in [-0.25, -0.2) is 9.63 Å². The van der Waals surface area contributed by atoms with E-state index in [1.807, 2.05) is 0 Å². The van der Waals surface area contributed by atoms with E-state index in [9.17, 15) is 13.2 Å². The van der Waals surface area contributed by atoms with Crippen molar-refractivity contribution in [3.63, 3.8) is 0 Å². The molecule has 0 saturated heterocycles. The number of halogens is 1. The average molecular weight is 445 g/mol. The Kier molecular flexibility index (Phi) is 6.71. The average Bonchev–Trinajstić information content (AvgIpc) is 2.75. The summed E-state index contributed by atoms with van der Waals surface area (Å²) in [5.41, 5.74) is 0.996. The molecule has 3 aromatic rings. The van der Waals surface area contributed by atoms with Crippen LogP contribution >= 0.6 is 11.6 Å². The van der Waals surface area contributed by atoms with Crippen LogP contribution in [0, 0.1) is 0 Å². The molecular weight excluding hydrogens is 428 g/mol. The number of hydrogen-bond acceptors (Lipinski definition) is 6. The molecule has 0 atom stereocenters. The van der Waals surface area contributed by atoms with Crippen molar-refractivity contribution in [3.05, 3.63) is 88.9 Å². The molecule has 0 bridgehead atoms. The van der Waals surface area contributed by atoms with Crippen molar-refractivity contribution in [1.82, 2.24) is 4.83 Å². The van der Waals surface area contributed by atoms with Gasteiger partial charge in [-0.05, 0) is 78.4 Å². The Morgan fingerprint density at radius 1 is 0.933 bits per heavy atom. The van der Waals surface area contributed by atoms with Gasteiger partial charge in [-0.15, -0.1) is 0 Å². The molecule has 7 nitrogen and oxygen atoms in total. The zero-order valence-corrected chi connectivity index (χ0v) is 17.4. The molecule has 0 radical (unpaired) electrons. The normalized spacial score (nSPS) is 11.3. The van der Waals surface area contributed by atoms with Gasteiger partial charge in [0.15, 0.2) is 0 Å². The fourth-order valence-corrected chi connectivity index (χ4v) is 3.27.